The summed E-state index contributed by atoms with van der Waals surface area (Å²) in [7, 11) is 0. The fraction of sp³-hybridized carbons (Fsp3) is 0.172. The Labute approximate surface area is 199 Å². The van der Waals surface area contributed by atoms with Crippen molar-refractivity contribution < 1.29 is 26.3 Å². The zero-order valence-electron chi connectivity index (χ0n) is 18.9. The molecular weight excluding hydrogens is 462 g/mol. The van der Waals surface area contributed by atoms with Crippen LogP contribution < -0.4 is 0 Å². The van der Waals surface area contributed by atoms with Crippen molar-refractivity contribution in [2.75, 3.05) is 0 Å². The highest BCUT2D eigenvalue weighted by Gasteiger charge is 2.16. The maximum absolute atomic E-state index is 14.9. The van der Waals surface area contributed by atoms with Crippen molar-refractivity contribution in [3.63, 3.8) is 0 Å². The summed E-state index contributed by atoms with van der Waals surface area (Å²) >= 11 is 0. The third-order valence-corrected chi connectivity index (χ3v) is 5.97. The van der Waals surface area contributed by atoms with Crippen molar-refractivity contribution in [1.29, 1.82) is 0 Å². The predicted molar refractivity (Wildman–Crippen MR) is 125 cm³/mol. The average molecular weight is 484 g/mol. The SMILES string of the molecule is CCCc1ccc(-c2ccc(-c3ccc(CCc4cc(F)c(F)c(F)c4)c(F)c3F)cc2)c(F)c1. The van der Waals surface area contributed by atoms with E-state index in [-0.39, 0.29) is 35.3 Å². The van der Waals surface area contributed by atoms with Gasteiger partial charge in [-0.3, -0.25) is 0 Å². The molecule has 0 N–H and O–H groups in total. The van der Waals surface area contributed by atoms with E-state index in [2.05, 4.69) is 0 Å². The predicted octanol–water partition coefficient (Wildman–Crippen LogP) is 8.59. The second kappa shape index (κ2) is 10.4. The second-order valence-electron chi connectivity index (χ2n) is 8.42. The molecule has 4 aromatic rings. The summed E-state index contributed by atoms with van der Waals surface area (Å²) in [5.41, 5.74) is 2.58. The van der Waals surface area contributed by atoms with Crippen molar-refractivity contribution in [1.82, 2.24) is 0 Å². The van der Waals surface area contributed by atoms with E-state index in [1.165, 1.54) is 18.2 Å². The van der Waals surface area contributed by atoms with Gasteiger partial charge in [-0.2, -0.15) is 0 Å². The molecule has 0 aliphatic carbocycles. The number of benzene rings is 4. The molecule has 0 saturated carbocycles. The van der Waals surface area contributed by atoms with Gasteiger partial charge < -0.3 is 0 Å². The van der Waals surface area contributed by atoms with Crippen molar-refractivity contribution in [3.05, 3.63) is 118 Å². The summed E-state index contributed by atoms with van der Waals surface area (Å²) in [6, 6.07) is 16.1. The van der Waals surface area contributed by atoms with Crippen LogP contribution in [0, 0.1) is 34.9 Å². The van der Waals surface area contributed by atoms with E-state index < -0.39 is 29.1 Å². The van der Waals surface area contributed by atoms with E-state index in [1.54, 1.807) is 30.3 Å². The lowest BCUT2D eigenvalue weighted by molar-refractivity contribution is 0.445. The minimum absolute atomic E-state index is 0.00112. The molecule has 0 aromatic heterocycles. The molecule has 0 fully saturated rings. The summed E-state index contributed by atoms with van der Waals surface area (Å²) in [5.74, 6) is -6.69. The maximum Gasteiger partial charge on any atom is 0.194 e. The first kappa shape index (κ1) is 24.6. The minimum atomic E-state index is -1.57. The Morgan fingerprint density at radius 2 is 1.06 bits per heavy atom. The molecule has 0 aliphatic heterocycles. The molecule has 0 aliphatic rings. The fourth-order valence-corrected chi connectivity index (χ4v) is 4.10. The van der Waals surface area contributed by atoms with Gasteiger partial charge in [-0.25, -0.2) is 26.3 Å². The summed E-state index contributed by atoms with van der Waals surface area (Å²) in [4.78, 5) is 0. The van der Waals surface area contributed by atoms with Crippen LogP contribution >= 0.6 is 0 Å². The van der Waals surface area contributed by atoms with Gasteiger partial charge in [0.2, 0.25) is 0 Å². The first-order valence-corrected chi connectivity index (χ1v) is 11.3. The monoisotopic (exact) mass is 484 g/mol. The van der Waals surface area contributed by atoms with Crippen LogP contribution in [-0.4, -0.2) is 0 Å². The van der Waals surface area contributed by atoms with E-state index in [4.69, 9.17) is 0 Å². The van der Waals surface area contributed by atoms with E-state index in [1.807, 2.05) is 13.0 Å². The first-order chi connectivity index (χ1) is 16.8. The highest BCUT2D eigenvalue weighted by molar-refractivity contribution is 5.71. The minimum Gasteiger partial charge on any atom is -0.206 e. The van der Waals surface area contributed by atoms with E-state index in [0.717, 1.165) is 30.5 Å². The Bertz CT molecular complexity index is 1340. The number of halogens is 6. The normalized spacial score (nSPS) is 11.2. The van der Waals surface area contributed by atoms with E-state index in [9.17, 15) is 26.3 Å². The van der Waals surface area contributed by atoms with E-state index in [0.29, 0.717) is 16.7 Å². The molecule has 0 atom stereocenters. The second-order valence-corrected chi connectivity index (χ2v) is 8.42. The Kier molecular flexibility index (Phi) is 7.29. The van der Waals surface area contributed by atoms with Crippen molar-refractivity contribution in [2.45, 2.75) is 32.6 Å². The molecule has 0 bridgehead atoms. The number of rotatable bonds is 7. The molecule has 0 unspecified atom stereocenters. The zero-order chi connectivity index (χ0) is 25.1. The molecule has 35 heavy (non-hydrogen) atoms. The molecule has 180 valence electrons. The Balaban J connectivity index is 1.53. The quantitative estimate of drug-likeness (QED) is 0.182. The molecule has 0 radical (unpaired) electrons. The van der Waals surface area contributed by atoms with Gasteiger partial charge in [-0.1, -0.05) is 61.9 Å². The molecule has 6 heteroatoms. The van der Waals surface area contributed by atoms with Crippen molar-refractivity contribution >= 4 is 0 Å². The number of hydrogen-bond donors (Lipinski definition) is 0. The fourth-order valence-electron chi connectivity index (χ4n) is 4.10. The Morgan fingerprint density at radius 1 is 0.486 bits per heavy atom. The van der Waals surface area contributed by atoms with Crippen molar-refractivity contribution in [2.24, 2.45) is 0 Å². The van der Waals surface area contributed by atoms with E-state index >= 15 is 0 Å². The molecule has 0 spiro atoms. The summed E-state index contributed by atoms with van der Waals surface area (Å²) < 4.78 is 84.0. The zero-order valence-corrected chi connectivity index (χ0v) is 18.9. The van der Waals surface area contributed by atoms with Crippen LogP contribution in [0.15, 0.2) is 66.7 Å². The Hall–Kier alpha value is -3.54. The van der Waals surface area contributed by atoms with Crippen LogP contribution in [0.4, 0.5) is 26.3 Å². The third-order valence-electron chi connectivity index (χ3n) is 5.97. The lowest BCUT2D eigenvalue weighted by atomic mass is 9.96. The van der Waals surface area contributed by atoms with Gasteiger partial charge in [0.15, 0.2) is 29.1 Å². The summed E-state index contributed by atoms with van der Waals surface area (Å²) in [6.45, 7) is 2.02. The van der Waals surface area contributed by atoms with Crippen LogP contribution in [0.1, 0.15) is 30.0 Å². The van der Waals surface area contributed by atoms with Gasteiger partial charge >= 0.3 is 0 Å². The van der Waals surface area contributed by atoms with Crippen LogP contribution in [0.5, 0.6) is 0 Å². The molecule has 0 nitrogen and oxygen atoms in total. The van der Waals surface area contributed by atoms with Crippen LogP contribution in [0.25, 0.3) is 22.3 Å². The molecule has 0 amide bonds. The van der Waals surface area contributed by atoms with Crippen LogP contribution in [-0.2, 0) is 19.3 Å². The lowest BCUT2D eigenvalue weighted by Gasteiger charge is -2.11. The average Bonchev–Trinajstić information content (AvgIpc) is 2.84. The Morgan fingerprint density at radius 3 is 1.66 bits per heavy atom. The third kappa shape index (κ3) is 5.26. The van der Waals surface area contributed by atoms with Crippen molar-refractivity contribution in [3.8, 4) is 22.3 Å². The van der Waals surface area contributed by atoms with Gasteiger partial charge in [0.25, 0.3) is 0 Å². The van der Waals surface area contributed by atoms with Gasteiger partial charge in [0, 0.05) is 11.1 Å². The van der Waals surface area contributed by atoms with Gasteiger partial charge in [0.05, 0.1) is 0 Å². The van der Waals surface area contributed by atoms with Gasteiger partial charge in [-0.05, 0) is 65.3 Å². The van der Waals surface area contributed by atoms with Crippen LogP contribution in [0.2, 0.25) is 0 Å². The maximum atomic E-state index is 14.9. The molecule has 0 saturated heterocycles. The molecule has 4 rings (SSSR count). The smallest absolute Gasteiger partial charge is 0.194 e. The molecular formula is C29H22F6. The molecule has 0 heterocycles. The van der Waals surface area contributed by atoms with Crippen LogP contribution in [0.3, 0.4) is 0 Å². The van der Waals surface area contributed by atoms with Gasteiger partial charge in [0.1, 0.15) is 5.82 Å². The standard InChI is InChI=1S/C29H22F6/c1-2-3-17-5-12-22(24(30)14-17)19-7-9-20(10-8-19)23-13-11-21(27(33)28(23)34)6-4-18-15-25(31)29(35)26(32)16-18/h5,7-16H,2-4,6H2,1H3. The first-order valence-electron chi connectivity index (χ1n) is 11.3. The summed E-state index contributed by atoms with van der Waals surface area (Å²) in [5, 5.41) is 0. The summed E-state index contributed by atoms with van der Waals surface area (Å²) in [6.07, 6.45) is 1.67. The highest BCUT2D eigenvalue weighted by atomic mass is 19.2. The molecule has 4 aromatic carbocycles. The number of aryl methyl sites for hydroxylation is 3. The largest absolute Gasteiger partial charge is 0.206 e. The lowest BCUT2D eigenvalue weighted by Crippen LogP contribution is -2.01. The highest BCUT2D eigenvalue weighted by Crippen LogP contribution is 2.31. The topological polar surface area (TPSA) is 0 Å². The number of hydrogen-bond acceptors (Lipinski definition) is 0. The van der Waals surface area contributed by atoms with Gasteiger partial charge in [-0.15, -0.1) is 0 Å².